The maximum atomic E-state index is 10.7. The van der Waals surface area contributed by atoms with Crippen molar-refractivity contribution in [3.8, 4) is 0 Å². The molecule has 0 saturated heterocycles. The van der Waals surface area contributed by atoms with Crippen LogP contribution in [0.15, 0.2) is 48.5 Å². The highest BCUT2D eigenvalue weighted by Gasteiger charge is 2.10. The summed E-state index contributed by atoms with van der Waals surface area (Å²) in [5.74, 6) is 0.321. The molecule has 0 aliphatic heterocycles. The number of benzene rings is 2. The molecule has 2 aromatic carbocycles. The van der Waals surface area contributed by atoms with Gasteiger partial charge in [-0.3, -0.25) is 10.1 Å². The zero-order valence-electron chi connectivity index (χ0n) is 12.9. The van der Waals surface area contributed by atoms with E-state index in [1.807, 2.05) is 12.1 Å². The van der Waals surface area contributed by atoms with Gasteiger partial charge in [-0.1, -0.05) is 43.3 Å². The Morgan fingerprint density at radius 3 is 2.50 bits per heavy atom. The average molecular weight is 316 g/mol. The largest absolute Gasteiger partial charge is 0.303 e. The molecular weight excluding hydrogens is 295 g/mol. The minimum atomic E-state index is -0.371. The Balaban J connectivity index is 2.02. The molecule has 116 valence electrons. The third kappa shape index (κ3) is 4.36. The first kappa shape index (κ1) is 16.6. The molecule has 22 heavy (non-hydrogen) atoms. The van der Waals surface area contributed by atoms with Gasteiger partial charge in [0, 0.05) is 24.5 Å². The van der Waals surface area contributed by atoms with Gasteiger partial charge in [-0.15, -0.1) is 8.58 Å². The zero-order valence-corrected chi connectivity index (χ0v) is 13.9. The van der Waals surface area contributed by atoms with Crippen molar-refractivity contribution in [2.24, 2.45) is 0 Å². The molecule has 0 heterocycles. The van der Waals surface area contributed by atoms with E-state index in [0.29, 0.717) is 12.3 Å². The summed E-state index contributed by atoms with van der Waals surface area (Å²) in [5, 5.41) is 14.2. The normalized spacial score (nSPS) is 12.6. The summed E-state index contributed by atoms with van der Waals surface area (Å²) in [4.78, 5) is 10.3. The van der Waals surface area contributed by atoms with E-state index < -0.39 is 0 Å². The summed E-state index contributed by atoms with van der Waals surface area (Å²) in [6, 6.07) is 15.4. The van der Waals surface area contributed by atoms with E-state index in [2.05, 4.69) is 43.2 Å². The van der Waals surface area contributed by atoms with Gasteiger partial charge in [0.1, 0.15) is 0 Å². The van der Waals surface area contributed by atoms with E-state index in [1.54, 1.807) is 12.1 Å². The molecule has 0 fully saturated rings. The Hall–Kier alpha value is -1.77. The quantitative estimate of drug-likeness (QED) is 0.472. The van der Waals surface area contributed by atoms with E-state index in [1.165, 1.54) is 11.1 Å². The molecule has 0 aliphatic carbocycles. The number of rotatable bonds is 7. The molecule has 1 N–H and O–H groups in total. The predicted molar refractivity (Wildman–Crippen MR) is 92.7 cm³/mol. The molecule has 0 radical (unpaired) electrons. The number of hydrogen-bond acceptors (Lipinski definition) is 3. The summed E-state index contributed by atoms with van der Waals surface area (Å²) < 4.78 is 0. The molecule has 2 atom stereocenters. The molecule has 0 aliphatic rings. The van der Waals surface area contributed by atoms with Crippen LogP contribution in [0.5, 0.6) is 0 Å². The van der Waals surface area contributed by atoms with Crippen LogP contribution >= 0.6 is 8.58 Å². The van der Waals surface area contributed by atoms with E-state index in [-0.39, 0.29) is 10.6 Å². The van der Waals surface area contributed by atoms with Crippen LogP contribution in [0.3, 0.4) is 0 Å². The van der Waals surface area contributed by atoms with Crippen molar-refractivity contribution in [1.29, 1.82) is 0 Å². The standard InChI is InChI=1S/C17H21N2O2P/c1-3-13-5-4-6-15(11-13)17(22-2)18-12-14-7-9-16(10-8-14)19(20)21/h4-11,17-18,22H,3,12H2,1-2H3. The summed E-state index contributed by atoms with van der Waals surface area (Å²) in [5.41, 5.74) is 3.84. The topological polar surface area (TPSA) is 55.2 Å². The van der Waals surface area contributed by atoms with Crippen LogP contribution in [-0.2, 0) is 13.0 Å². The molecular formula is C17H21N2O2P. The number of nitro groups is 1. The summed E-state index contributed by atoms with van der Waals surface area (Å²) in [7, 11) is 0.750. The highest BCUT2D eigenvalue weighted by Crippen LogP contribution is 2.30. The summed E-state index contributed by atoms with van der Waals surface area (Å²) in [6.07, 6.45) is 1.04. The zero-order chi connectivity index (χ0) is 15.9. The maximum absolute atomic E-state index is 10.7. The Morgan fingerprint density at radius 1 is 1.18 bits per heavy atom. The number of nitrogens with one attached hydrogen (secondary N) is 1. The molecule has 4 nitrogen and oxygen atoms in total. The van der Waals surface area contributed by atoms with Crippen molar-refractivity contribution < 1.29 is 4.92 Å². The van der Waals surface area contributed by atoms with Crippen LogP contribution in [0.4, 0.5) is 5.69 Å². The Kier molecular flexibility index (Phi) is 6.05. The maximum Gasteiger partial charge on any atom is 0.269 e. The lowest BCUT2D eigenvalue weighted by atomic mass is 10.1. The second kappa shape index (κ2) is 8.02. The van der Waals surface area contributed by atoms with Crippen molar-refractivity contribution in [2.45, 2.75) is 25.7 Å². The van der Waals surface area contributed by atoms with E-state index in [9.17, 15) is 10.1 Å². The first-order valence-electron chi connectivity index (χ1n) is 7.37. The van der Waals surface area contributed by atoms with Gasteiger partial charge in [-0.05, 0) is 29.8 Å². The minimum absolute atomic E-state index is 0.133. The van der Waals surface area contributed by atoms with Crippen LogP contribution in [0.1, 0.15) is 29.4 Å². The average Bonchev–Trinajstić information content (AvgIpc) is 2.56. The first-order chi connectivity index (χ1) is 10.6. The SMILES string of the molecule is CCc1cccc(C(NCc2ccc([N+](=O)[O-])cc2)PC)c1. The Bertz CT molecular complexity index is 629. The number of nitrogens with zero attached hydrogens (tertiary/aromatic N) is 1. The fourth-order valence-corrected chi connectivity index (χ4v) is 3.15. The molecule has 2 unspecified atom stereocenters. The van der Waals surface area contributed by atoms with Crippen LogP contribution in [0.25, 0.3) is 0 Å². The number of non-ortho nitro benzene ring substituents is 1. The summed E-state index contributed by atoms with van der Waals surface area (Å²) >= 11 is 0. The van der Waals surface area contributed by atoms with Crippen LogP contribution in [0.2, 0.25) is 0 Å². The van der Waals surface area contributed by atoms with Gasteiger partial charge in [0.25, 0.3) is 5.69 Å². The lowest BCUT2D eigenvalue weighted by Gasteiger charge is -2.18. The number of hydrogen-bond donors (Lipinski definition) is 1. The lowest BCUT2D eigenvalue weighted by Crippen LogP contribution is -2.17. The highest BCUT2D eigenvalue weighted by molar-refractivity contribution is 7.37. The van der Waals surface area contributed by atoms with E-state index >= 15 is 0 Å². The monoisotopic (exact) mass is 316 g/mol. The highest BCUT2D eigenvalue weighted by atomic mass is 31.1. The Labute approximate surface area is 132 Å². The lowest BCUT2D eigenvalue weighted by molar-refractivity contribution is -0.384. The molecule has 2 aromatic rings. The fraction of sp³-hybridized carbons (Fsp3) is 0.294. The van der Waals surface area contributed by atoms with Crippen LogP contribution < -0.4 is 5.32 Å². The van der Waals surface area contributed by atoms with Crippen molar-refractivity contribution >= 4 is 14.3 Å². The van der Waals surface area contributed by atoms with Gasteiger partial charge in [0.05, 0.1) is 4.92 Å². The second-order valence-electron chi connectivity index (χ2n) is 5.12. The van der Waals surface area contributed by atoms with Crippen LogP contribution in [0, 0.1) is 10.1 Å². The third-order valence-corrected chi connectivity index (χ3v) is 4.75. The van der Waals surface area contributed by atoms with Crippen molar-refractivity contribution in [2.75, 3.05) is 6.66 Å². The molecule has 0 bridgehead atoms. The van der Waals surface area contributed by atoms with Crippen molar-refractivity contribution in [3.63, 3.8) is 0 Å². The molecule has 0 aromatic heterocycles. The smallest absolute Gasteiger partial charge is 0.269 e. The molecule has 0 amide bonds. The fourth-order valence-electron chi connectivity index (χ4n) is 2.33. The first-order valence-corrected chi connectivity index (χ1v) is 8.94. The van der Waals surface area contributed by atoms with E-state index in [4.69, 9.17) is 0 Å². The summed E-state index contributed by atoms with van der Waals surface area (Å²) in [6.45, 7) is 5.05. The molecule has 2 rings (SSSR count). The van der Waals surface area contributed by atoms with Crippen LogP contribution in [-0.4, -0.2) is 11.6 Å². The molecule has 0 spiro atoms. The molecule has 0 saturated carbocycles. The van der Waals surface area contributed by atoms with E-state index in [0.717, 1.165) is 20.6 Å². The number of nitro benzene ring substituents is 1. The molecule has 5 heteroatoms. The van der Waals surface area contributed by atoms with Gasteiger partial charge >= 0.3 is 0 Å². The minimum Gasteiger partial charge on any atom is -0.303 e. The number of aryl methyl sites for hydroxylation is 1. The van der Waals surface area contributed by atoms with Gasteiger partial charge in [0.15, 0.2) is 0 Å². The van der Waals surface area contributed by atoms with Gasteiger partial charge in [-0.2, -0.15) is 0 Å². The van der Waals surface area contributed by atoms with Crippen molar-refractivity contribution in [1.82, 2.24) is 5.32 Å². The van der Waals surface area contributed by atoms with Gasteiger partial charge in [0.2, 0.25) is 0 Å². The van der Waals surface area contributed by atoms with Gasteiger partial charge < -0.3 is 5.32 Å². The Morgan fingerprint density at radius 2 is 1.91 bits per heavy atom. The predicted octanol–water partition coefficient (Wildman–Crippen LogP) is 4.25. The third-order valence-electron chi connectivity index (χ3n) is 3.64. The second-order valence-corrected chi connectivity index (χ2v) is 6.28. The van der Waals surface area contributed by atoms with Gasteiger partial charge in [-0.25, -0.2) is 0 Å². The van der Waals surface area contributed by atoms with Crippen molar-refractivity contribution in [3.05, 3.63) is 75.3 Å².